The van der Waals surface area contributed by atoms with Crippen LogP contribution in [0.15, 0.2) is 47.4 Å². The molecule has 0 radical (unpaired) electrons. The average Bonchev–Trinajstić information content (AvgIpc) is 2.75. The lowest BCUT2D eigenvalue weighted by molar-refractivity contribution is -0.126. The van der Waals surface area contributed by atoms with Crippen LogP contribution in [0.3, 0.4) is 0 Å². The zero-order chi connectivity index (χ0) is 22.6. The number of amides is 1. The quantitative estimate of drug-likeness (QED) is 0.662. The van der Waals surface area contributed by atoms with E-state index in [1.807, 2.05) is 6.92 Å². The van der Waals surface area contributed by atoms with Gasteiger partial charge in [0.25, 0.3) is 0 Å². The third-order valence-electron chi connectivity index (χ3n) is 5.31. The van der Waals surface area contributed by atoms with E-state index in [1.165, 1.54) is 28.6 Å². The first-order valence-corrected chi connectivity index (χ1v) is 12.0. The lowest BCUT2D eigenvalue weighted by atomic mass is 9.98. The number of piperidine rings is 1. The van der Waals surface area contributed by atoms with E-state index in [-0.39, 0.29) is 35.0 Å². The molecule has 2 atom stereocenters. The average molecular weight is 469 g/mol. The molecule has 1 amide bonds. The number of ether oxygens (including phenoxy) is 1. The molecule has 1 saturated heterocycles. The second kappa shape index (κ2) is 9.97. The van der Waals surface area contributed by atoms with Gasteiger partial charge in [0.05, 0.1) is 18.6 Å². The van der Waals surface area contributed by atoms with Gasteiger partial charge in [-0.1, -0.05) is 23.7 Å². The highest BCUT2D eigenvalue weighted by Crippen LogP contribution is 2.32. The number of carbonyl (C=O) groups is 1. The van der Waals surface area contributed by atoms with Crippen LogP contribution >= 0.6 is 11.6 Å². The highest BCUT2D eigenvalue weighted by Gasteiger charge is 2.35. The van der Waals surface area contributed by atoms with Crippen molar-refractivity contribution in [2.24, 2.45) is 5.92 Å². The van der Waals surface area contributed by atoms with Gasteiger partial charge in [-0.2, -0.15) is 4.31 Å². The fraction of sp³-hybridized carbons (Fsp3) is 0.409. The van der Waals surface area contributed by atoms with Crippen molar-refractivity contribution < 1.29 is 22.3 Å². The third-order valence-corrected chi connectivity index (χ3v) is 7.43. The van der Waals surface area contributed by atoms with E-state index in [4.69, 9.17) is 16.3 Å². The Hall–Kier alpha value is -2.16. The molecular weight excluding hydrogens is 443 g/mol. The third kappa shape index (κ3) is 5.56. The number of benzene rings is 2. The Kier molecular flexibility index (Phi) is 7.56. The molecule has 1 aliphatic heterocycles. The van der Waals surface area contributed by atoms with Crippen LogP contribution in [0.2, 0.25) is 5.02 Å². The largest absolute Gasteiger partial charge is 0.492 e. The summed E-state index contributed by atoms with van der Waals surface area (Å²) in [5.74, 6) is -0.819. The van der Waals surface area contributed by atoms with E-state index in [0.717, 1.165) is 5.56 Å². The van der Waals surface area contributed by atoms with Gasteiger partial charge in [0.15, 0.2) is 0 Å². The maximum absolute atomic E-state index is 13.3. The molecule has 2 aromatic rings. The van der Waals surface area contributed by atoms with Crippen molar-refractivity contribution in [1.29, 1.82) is 0 Å². The molecule has 1 N–H and O–H groups in total. The zero-order valence-corrected chi connectivity index (χ0v) is 19.0. The Bertz CT molecular complexity index is 1030. The molecule has 9 heteroatoms. The van der Waals surface area contributed by atoms with Gasteiger partial charge in [0, 0.05) is 18.1 Å². The van der Waals surface area contributed by atoms with Crippen molar-refractivity contribution in [2.75, 3.05) is 19.7 Å². The van der Waals surface area contributed by atoms with E-state index in [0.29, 0.717) is 31.0 Å². The molecule has 2 aromatic carbocycles. The number of halogens is 2. The first kappa shape index (κ1) is 23.5. The normalized spacial score (nSPS) is 18.4. The number of rotatable bonds is 7. The lowest BCUT2D eigenvalue weighted by Crippen LogP contribution is -2.45. The van der Waals surface area contributed by atoms with Gasteiger partial charge < -0.3 is 10.1 Å². The van der Waals surface area contributed by atoms with Crippen molar-refractivity contribution in [2.45, 2.75) is 37.6 Å². The summed E-state index contributed by atoms with van der Waals surface area (Å²) < 4.78 is 46.5. The Morgan fingerprint density at radius 2 is 2.00 bits per heavy atom. The van der Waals surface area contributed by atoms with Crippen LogP contribution in [0, 0.1) is 11.7 Å². The topological polar surface area (TPSA) is 75.7 Å². The molecular formula is C22H26ClFN2O4S. The monoisotopic (exact) mass is 468 g/mol. The number of hydrogen-bond donors (Lipinski definition) is 1. The Balaban J connectivity index is 1.74. The van der Waals surface area contributed by atoms with Crippen LogP contribution < -0.4 is 10.1 Å². The smallest absolute Gasteiger partial charge is 0.246 e. The second-order valence-corrected chi connectivity index (χ2v) is 9.85. The molecule has 0 bridgehead atoms. The summed E-state index contributed by atoms with van der Waals surface area (Å²) in [5, 5.41) is 3.20. The summed E-state index contributed by atoms with van der Waals surface area (Å²) in [6.45, 7) is 4.29. The molecule has 0 saturated carbocycles. The van der Waals surface area contributed by atoms with Gasteiger partial charge in [0.1, 0.15) is 16.5 Å². The maximum atomic E-state index is 13.3. The van der Waals surface area contributed by atoms with Crippen molar-refractivity contribution in [3.05, 3.63) is 58.9 Å². The highest BCUT2D eigenvalue weighted by molar-refractivity contribution is 7.89. The van der Waals surface area contributed by atoms with Gasteiger partial charge in [-0.25, -0.2) is 12.8 Å². The van der Waals surface area contributed by atoms with Gasteiger partial charge >= 0.3 is 0 Å². The van der Waals surface area contributed by atoms with Crippen LogP contribution in [-0.4, -0.2) is 38.3 Å². The van der Waals surface area contributed by atoms with E-state index in [9.17, 15) is 17.6 Å². The van der Waals surface area contributed by atoms with E-state index >= 15 is 0 Å². The first-order chi connectivity index (χ1) is 14.7. The molecule has 1 heterocycles. The minimum absolute atomic E-state index is 0.00240. The molecule has 1 aliphatic rings. The summed E-state index contributed by atoms with van der Waals surface area (Å²) in [4.78, 5) is 12.8. The molecule has 0 aromatic heterocycles. The van der Waals surface area contributed by atoms with Crippen LogP contribution in [0.25, 0.3) is 0 Å². The van der Waals surface area contributed by atoms with Crippen molar-refractivity contribution >= 4 is 27.5 Å². The van der Waals surface area contributed by atoms with Crippen molar-refractivity contribution in [1.82, 2.24) is 9.62 Å². The fourth-order valence-corrected chi connectivity index (χ4v) is 5.56. The molecule has 3 rings (SSSR count). The number of nitrogens with one attached hydrogen (secondary N) is 1. The summed E-state index contributed by atoms with van der Waals surface area (Å²) in [6.07, 6.45) is 1.15. The Morgan fingerprint density at radius 3 is 2.68 bits per heavy atom. The van der Waals surface area contributed by atoms with Crippen LogP contribution in [-0.2, 0) is 14.8 Å². The summed E-state index contributed by atoms with van der Waals surface area (Å²) in [7, 11) is -3.89. The lowest BCUT2D eigenvalue weighted by Gasteiger charge is -2.32. The van der Waals surface area contributed by atoms with Crippen LogP contribution in [0.5, 0.6) is 5.75 Å². The Morgan fingerprint density at radius 1 is 1.29 bits per heavy atom. The number of hydrogen-bond acceptors (Lipinski definition) is 4. The summed E-state index contributed by atoms with van der Waals surface area (Å²) in [5.41, 5.74) is 0.773. The van der Waals surface area contributed by atoms with Gasteiger partial charge in [0.2, 0.25) is 15.9 Å². The fourth-order valence-electron chi connectivity index (χ4n) is 3.64. The maximum Gasteiger partial charge on any atom is 0.246 e. The van der Waals surface area contributed by atoms with Gasteiger partial charge in [-0.3, -0.25) is 4.79 Å². The van der Waals surface area contributed by atoms with Crippen molar-refractivity contribution in [3.63, 3.8) is 0 Å². The molecule has 1 fully saturated rings. The Labute approximate surface area is 187 Å². The minimum Gasteiger partial charge on any atom is -0.492 e. The first-order valence-electron chi connectivity index (χ1n) is 10.2. The molecule has 31 heavy (non-hydrogen) atoms. The SMILES string of the molecule is CCOc1ccc(Cl)cc1S(=O)(=O)N1CCC[C@H](C(=O)N[C@@H](C)c2ccc(F)cc2)C1. The second-order valence-electron chi connectivity index (χ2n) is 7.51. The molecule has 0 spiro atoms. The molecule has 0 aliphatic carbocycles. The van der Waals surface area contributed by atoms with Crippen LogP contribution in [0.1, 0.15) is 38.3 Å². The van der Waals surface area contributed by atoms with E-state index in [1.54, 1.807) is 25.1 Å². The van der Waals surface area contributed by atoms with Crippen molar-refractivity contribution in [3.8, 4) is 5.75 Å². The molecule has 0 unspecified atom stereocenters. The van der Waals surface area contributed by atoms with E-state index in [2.05, 4.69) is 5.32 Å². The van der Waals surface area contributed by atoms with Gasteiger partial charge in [-0.05, 0) is 62.6 Å². The molecule has 168 valence electrons. The summed E-state index contributed by atoms with van der Waals surface area (Å²) >= 11 is 6.04. The zero-order valence-electron chi connectivity index (χ0n) is 17.5. The van der Waals surface area contributed by atoms with Crippen LogP contribution in [0.4, 0.5) is 4.39 Å². The predicted octanol–water partition coefficient (Wildman–Crippen LogP) is 4.16. The number of nitrogens with zero attached hydrogens (tertiary/aromatic N) is 1. The standard InChI is InChI=1S/C22H26ClFN2O4S/c1-3-30-20-11-8-18(23)13-21(20)31(28,29)26-12-4-5-17(14-26)22(27)25-15(2)16-6-9-19(24)10-7-16/h6-11,13,15,17H,3-5,12,14H2,1-2H3,(H,25,27)/t15-,17-/m0/s1. The molecule has 6 nitrogen and oxygen atoms in total. The summed E-state index contributed by atoms with van der Waals surface area (Å²) in [6, 6.07) is 10.1. The van der Waals surface area contributed by atoms with E-state index < -0.39 is 15.9 Å². The number of carbonyl (C=O) groups excluding carboxylic acids is 1. The minimum atomic E-state index is -3.89. The number of sulfonamides is 1. The highest BCUT2D eigenvalue weighted by atomic mass is 35.5. The predicted molar refractivity (Wildman–Crippen MR) is 117 cm³/mol. The van der Waals surface area contributed by atoms with Gasteiger partial charge in [-0.15, -0.1) is 0 Å².